The Morgan fingerprint density at radius 2 is 1.80 bits per heavy atom. The summed E-state index contributed by atoms with van der Waals surface area (Å²) in [5.41, 5.74) is 4.03. The van der Waals surface area contributed by atoms with Crippen LogP contribution in [0.25, 0.3) is 0 Å². The molecule has 0 saturated heterocycles. The molecule has 5 heavy (non-hydrogen) atoms. The van der Waals surface area contributed by atoms with Gasteiger partial charge in [-0.25, -0.2) is 4.79 Å². The molecule has 0 atom stereocenters. The van der Waals surface area contributed by atoms with Gasteiger partial charge >= 0.3 is 43.8 Å². The summed E-state index contributed by atoms with van der Waals surface area (Å²) in [6, 6.07) is 0. The van der Waals surface area contributed by atoms with E-state index in [1.807, 2.05) is 0 Å². The minimum absolute atomic E-state index is 0. The summed E-state index contributed by atoms with van der Waals surface area (Å²) in [5, 5.41) is 7.19. The van der Waals surface area contributed by atoms with Crippen LogP contribution in [0.2, 0.25) is 0 Å². The molecule has 3 nitrogen and oxygen atoms in total. The van der Waals surface area contributed by atoms with Gasteiger partial charge in [0.15, 0.2) is 0 Å². The molecular weight excluding hydrogens is 98.1 g/mol. The standard InChI is InChI=1S/CH3NO2.Ca.2H/c2-1(3)4;;;/h2H2,(H,3,4);;;. The molecule has 1 amide bonds. The van der Waals surface area contributed by atoms with Crippen LogP contribution in [0, 0.1) is 0 Å². The third-order valence-corrected chi connectivity index (χ3v) is 0. The average Bonchev–Trinajstić information content (AvgIpc) is 0.811. The fourth-order valence-electron chi connectivity index (χ4n) is 0. The third-order valence-electron chi connectivity index (χ3n) is 0. The fourth-order valence-corrected chi connectivity index (χ4v) is 0. The molecule has 0 aromatic heterocycles. The Balaban J connectivity index is 0. The molecule has 0 saturated carbocycles. The van der Waals surface area contributed by atoms with Crippen LogP contribution in [0.3, 0.4) is 0 Å². The Kier molecular flexibility index (Phi) is 8.25. The number of primary amides is 1. The first-order chi connectivity index (χ1) is 1.73. The predicted octanol–water partition coefficient (Wildman–Crippen LogP) is -1.29. The van der Waals surface area contributed by atoms with Gasteiger partial charge in [-0.1, -0.05) is 0 Å². The second-order valence-corrected chi connectivity index (χ2v) is 0.338. The molecule has 0 aliphatic heterocycles. The van der Waals surface area contributed by atoms with Crippen LogP contribution in [-0.4, -0.2) is 48.9 Å². The van der Waals surface area contributed by atoms with Crippen LogP contribution in [-0.2, 0) is 0 Å². The summed E-state index contributed by atoms with van der Waals surface area (Å²) in [6.07, 6.45) is -1.33. The predicted molar refractivity (Wildman–Crippen MR) is 20.8 cm³/mol. The zero-order chi connectivity index (χ0) is 3.58. The third kappa shape index (κ3) is 103. The second-order valence-electron chi connectivity index (χ2n) is 0.338. The molecule has 0 spiro atoms. The summed E-state index contributed by atoms with van der Waals surface area (Å²) in [5.74, 6) is 0. The van der Waals surface area contributed by atoms with Gasteiger partial charge in [0, 0.05) is 0 Å². The number of carboxylic acid groups (broad SMARTS) is 1. The number of nitrogens with two attached hydrogens (primary N) is 1. The van der Waals surface area contributed by atoms with Crippen LogP contribution < -0.4 is 5.73 Å². The van der Waals surface area contributed by atoms with E-state index in [1.54, 1.807) is 0 Å². The number of rotatable bonds is 0. The maximum atomic E-state index is 8.78. The van der Waals surface area contributed by atoms with Crippen molar-refractivity contribution < 1.29 is 9.90 Å². The van der Waals surface area contributed by atoms with Crippen LogP contribution in [0.4, 0.5) is 4.79 Å². The Bertz CT molecular complexity index is 32.6. The number of hydrogen-bond donors (Lipinski definition) is 2. The van der Waals surface area contributed by atoms with E-state index in [1.165, 1.54) is 0 Å². The van der Waals surface area contributed by atoms with Gasteiger partial charge in [-0.2, -0.15) is 0 Å². The van der Waals surface area contributed by atoms with Gasteiger partial charge in [0.1, 0.15) is 0 Å². The second kappa shape index (κ2) is 4.53. The van der Waals surface area contributed by atoms with Crippen molar-refractivity contribution in [1.82, 2.24) is 0 Å². The normalized spacial score (nSPS) is 4.80. The molecule has 0 unspecified atom stereocenters. The maximum absolute atomic E-state index is 8.78. The monoisotopic (exact) mass is 103 g/mol. The van der Waals surface area contributed by atoms with Crippen LogP contribution in [0.15, 0.2) is 0 Å². The molecular formula is CH5CaNO2. The van der Waals surface area contributed by atoms with E-state index in [-0.39, 0.29) is 37.7 Å². The zero-order valence-electron chi connectivity index (χ0n) is 1.93. The van der Waals surface area contributed by atoms with Crippen molar-refractivity contribution in [2.24, 2.45) is 5.73 Å². The number of hydrogen-bond acceptors (Lipinski definition) is 1. The Labute approximate surface area is 59.2 Å². The van der Waals surface area contributed by atoms with E-state index in [0.29, 0.717) is 0 Å². The molecule has 0 radical (unpaired) electrons. The van der Waals surface area contributed by atoms with Gasteiger partial charge in [-0.3, -0.25) is 0 Å². The van der Waals surface area contributed by atoms with Crippen molar-refractivity contribution in [2.45, 2.75) is 0 Å². The van der Waals surface area contributed by atoms with Crippen molar-refractivity contribution in [2.75, 3.05) is 0 Å². The van der Waals surface area contributed by atoms with Crippen molar-refractivity contribution in [3.8, 4) is 0 Å². The van der Waals surface area contributed by atoms with E-state index in [4.69, 9.17) is 9.90 Å². The Morgan fingerprint density at radius 3 is 1.80 bits per heavy atom. The first kappa shape index (κ1) is 9.11. The molecule has 0 aromatic carbocycles. The first-order valence-corrected chi connectivity index (χ1v) is 0.716. The van der Waals surface area contributed by atoms with Crippen LogP contribution in [0.5, 0.6) is 0 Å². The summed E-state index contributed by atoms with van der Waals surface area (Å²) in [4.78, 5) is 8.78. The van der Waals surface area contributed by atoms with Gasteiger partial charge in [0.25, 0.3) is 0 Å². The van der Waals surface area contributed by atoms with E-state index in [2.05, 4.69) is 5.73 Å². The van der Waals surface area contributed by atoms with Crippen LogP contribution >= 0.6 is 0 Å². The summed E-state index contributed by atoms with van der Waals surface area (Å²) >= 11 is 0. The fraction of sp³-hybridized carbons (Fsp3) is 0. The molecule has 0 aliphatic carbocycles. The van der Waals surface area contributed by atoms with Crippen LogP contribution in [0.1, 0.15) is 0 Å². The minimum atomic E-state index is -1.33. The van der Waals surface area contributed by atoms with Crippen molar-refractivity contribution in [3.63, 3.8) is 0 Å². The van der Waals surface area contributed by atoms with E-state index >= 15 is 0 Å². The van der Waals surface area contributed by atoms with Gasteiger partial charge in [0.05, 0.1) is 0 Å². The van der Waals surface area contributed by atoms with E-state index in [9.17, 15) is 0 Å². The molecule has 0 heterocycles. The molecule has 28 valence electrons. The topological polar surface area (TPSA) is 63.3 Å². The zero-order valence-corrected chi connectivity index (χ0v) is 1.93. The van der Waals surface area contributed by atoms with Crippen molar-refractivity contribution in [3.05, 3.63) is 0 Å². The molecule has 4 heteroatoms. The van der Waals surface area contributed by atoms with Gasteiger partial charge < -0.3 is 10.8 Å². The van der Waals surface area contributed by atoms with Gasteiger partial charge in [-0.15, -0.1) is 0 Å². The van der Waals surface area contributed by atoms with E-state index in [0.717, 1.165) is 0 Å². The molecule has 0 aromatic rings. The SMILES string of the molecule is NC(=O)O.[CaH2]. The Morgan fingerprint density at radius 1 is 1.80 bits per heavy atom. The number of carbonyl (C=O) groups is 1. The molecule has 0 aliphatic rings. The molecule has 0 rings (SSSR count). The van der Waals surface area contributed by atoms with Gasteiger partial charge in [-0.05, 0) is 0 Å². The Hall–Kier alpha value is 0.530. The summed E-state index contributed by atoms with van der Waals surface area (Å²) < 4.78 is 0. The average molecular weight is 103 g/mol. The molecule has 3 N–H and O–H groups in total. The quantitative estimate of drug-likeness (QED) is 0.374. The number of amides is 1. The first-order valence-electron chi connectivity index (χ1n) is 0.716. The van der Waals surface area contributed by atoms with Crippen molar-refractivity contribution >= 4 is 43.8 Å². The molecule has 0 fully saturated rings. The van der Waals surface area contributed by atoms with Gasteiger partial charge in [0.2, 0.25) is 0 Å². The van der Waals surface area contributed by atoms with E-state index < -0.39 is 6.09 Å². The summed E-state index contributed by atoms with van der Waals surface area (Å²) in [6.45, 7) is 0. The molecule has 0 bridgehead atoms. The summed E-state index contributed by atoms with van der Waals surface area (Å²) in [7, 11) is 0. The van der Waals surface area contributed by atoms with Crippen molar-refractivity contribution in [1.29, 1.82) is 0 Å².